The topological polar surface area (TPSA) is 38.9 Å². The highest BCUT2D eigenvalue weighted by Crippen LogP contribution is 2.23. The van der Waals surface area contributed by atoms with Crippen molar-refractivity contribution in [2.24, 2.45) is 0 Å². The summed E-state index contributed by atoms with van der Waals surface area (Å²) in [5.41, 5.74) is 6.53. The van der Waals surface area contributed by atoms with Gasteiger partial charge in [0, 0.05) is 22.6 Å². The number of nitrogen functional groups attached to an aromatic ring is 1. The maximum Gasteiger partial charge on any atom is 0.0638 e. The minimum absolute atomic E-state index is 0.786. The summed E-state index contributed by atoms with van der Waals surface area (Å²) < 4.78 is 0. The van der Waals surface area contributed by atoms with Crippen molar-refractivity contribution < 1.29 is 0 Å². The number of anilines is 1. The molecule has 1 rings (SSSR count). The first kappa shape index (κ1) is 10.7. The molecule has 0 aromatic carbocycles. The SMILES string of the molecule is CCSCCSc1ccncc1N. The van der Waals surface area contributed by atoms with Crippen LogP contribution < -0.4 is 5.73 Å². The van der Waals surface area contributed by atoms with Crippen molar-refractivity contribution in [3.63, 3.8) is 0 Å². The molecule has 1 aromatic rings. The molecule has 0 aliphatic rings. The fraction of sp³-hybridized carbons (Fsp3) is 0.444. The average Bonchev–Trinajstić information content (AvgIpc) is 2.15. The Balaban J connectivity index is 2.32. The number of hydrogen-bond donors (Lipinski definition) is 1. The van der Waals surface area contributed by atoms with Crippen LogP contribution >= 0.6 is 23.5 Å². The van der Waals surface area contributed by atoms with Gasteiger partial charge in [0.15, 0.2) is 0 Å². The van der Waals surface area contributed by atoms with Gasteiger partial charge in [-0.2, -0.15) is 11.8 Å². The van der Waals surface area contributed by atoms with Crippen molar-refractivity contribution in [2.45, 2.75) is 11.8 Å². The van der Waals surface area contributed by atoms with Crippen LogP contribution in [0.15, 0.2) is 23.4 Å². The van der Waals surface area contributed by atoms with E-state index >= 15 is 0 Å². The Morgan fingerprint density at radius 2 is 2.31 bits per heavy atom. The third-order valence-electron chi connectivity index (χ3n) is 1.50. The molecule has 2 N–H and O–H groups in total. The van der Waals surface area contributed by atoms with Crippen molar-refractivity contribution >= 4 is 29.2 Å². The van der Waals surface area contributed by atoms with Crippen LogP contribution in [0.5, 0.6) is 0 Å². The van der Waals surface area contributed by atoms with Crippen LogP contribution in [0, 0.1) is 0 Å². The number of nitrogens with zero attached hydrogens (tertiary/aromatic N) is 1. The van der Waals surface area contributed by atoms with Gasteiger partial charge in [0.1, 0.15) is 0 Å². The number of thioether (sulfide) groups is 2. The molecule has 0 aliphatic heterocycles. The molecule has 0 spiro atoms. The fourth-order valence-electron chi connectivity index (χ4n) is 0.880. The zero-order chi connectivity index (χ0) is 9.52. The van der Waals surface area contributed by atoms with Crippen LogP contribution in [0.2, 0.25) is 0 Å². The van der Waals surface area contributed by atoms with Crippen molar-refractivity contribution in [1.82, 2.24) is 4.98 Å². The second kappa shape index (κ2) is 6.16. The van der Waals surface area contributed by atoms with Gasteiger partial charge in [-0.05, 0) is 11.8 Å². The van der Waals surface area contributed by atoms with Crippen molar-refractivity contribution in [3.05, 3.63) is 18.5 Å². The molecule has 0 saturated carbocycles. The number of aromatic nitrogens is 1. The van der Waals surface area contributed by atoms with Gasteiger partial charge in [-0.15, -0.1) is 11.8 Å². The van der Waals surface area contributed by atoms with Gasteiger partial charge in [0.25, 0.3) is 0 Å². The lowest BCUT2D eigenvalue weighted by Crippen LogP contribution is -1.91. The monoisotopic (exact) mass is 214 g/mol. The normalized spacial score (nSPS) is 10.2. The maximum atomic E-state index is 5.75. The third-order valence-corrected chi connectivity index (χ3v) is 3.75. The molecule has 0 fully saturated rings. The third kappa shape index (κ3) is 3.91. The van der Waals surface area contributed by atoms with Gasteiger partial charge in [-0.25, -0.2) is 0 Å². The van der Waals surface area contributed by atoms with E-state index in [1.54, 1.807) is 24.2 Å². The molecule has 1 aromatic heterocycles. The van der Waals surface area contributed by atoms with Crippen molar-refractivity contribution in [2.75, 3.05) is 23.0 Å². The summed E-state index contributed by atoms with van der Waals surface area (Å²) in [6.45, 7) is 2.18. The van der Waals surface area contributed by atoms with Crippen LogP contribution in [0.25, 0.3) is 0 Å². The average molecular weight is 214 g/mol. The smallest absolute Gasteiger partial charge is 0.0638 e. The Kier molecular flexibility index (Phi) is 5.08. The second-order valence-corrected chi connectivity index (χ2v) is 4.99. The lowest BCUT2D eigenvalue weighted by Gasteiger charge is -2.03. The predicted molar refractivity (Wildman–Crippen MR) is 62.4 cm³/mol. The van der Waals surface area contributed by atoms with E-state index in [0.717, 1.165) is 16.3 Å². The highest BCUT2D eigenvalue weighted by atomic mass is 32.2. The van der Waals surface area contributed by atoms with Crippen LogP contribution in [0.1, 0.15) is 6.92 Å². The number of hydrogen-bond acceptors (Lipinski definition) is 4. The number of pyridine rings is 1. The lowest BCUT2D eigenvalue weighted by molar-refractivity contribution is 1.27. The number of nitrogens with two attached hydrogens (primary N) is 1. The minimum Gasteiger partial charge on any atom is -0.397 e. The summed E-state index contributed by atoms with van der Waals surface area (Å²) in [5, 5.41) is 0. The van der Waals surface area contributed by atoms with E-state index < -0.39 is 0 Å². The van der Waals surface area contributed by atoms with Crippen molar-refractivity contribution in [3.8, 4) is 0 Å². The van der Waals surface area contributed by atoms with Crippen molar-refractivity contribution in [1.29, 1.82) is 0 Å². The predicted octanol–water partition coefficient (Wildman–Crippen LogP) is 2.51. The van der Waals surface area contributed by atoms with E-state index in [-0.39, 0.29) is 0 Å². The van der Waals surface area contributed by atoms with Gasteiger partial charge in [-0.3, -0.25) is 4.98 Å². The first-order valence-corrected chi connectivity index (χ1v) is 6.38. The Bertz CT molecular complexity index is 253. The van der Waals surface area contributed by atoms with Gasteiger partial charge >= 0.3 is 0 Å². The zero-order valence-corrected chi connectivity index (χ0v) is 9.33. The summed E-state index contributed by atoms with van der Waals surface area (Å²) in [6.07, 6.45) is 3.49. The Morgan fingerprint density at radius 3 is 3.00 bits per heavy atom. The van der Waals surface area contributed by atoms with Crippen LogP contribution in [0.3, 0.4) is 0 Å². The Labute approximate surface area is 87.7 Å². The summed E-state index contributed by atoms with van der Waals surface area (Å²) >= 11 is 3.76. The molecular weight excluding hydrogens is 200 g/mol. The highest BCUT2D eigenvalue weighted by Gasteiger charge is 1.97. The first-order valence-electron chi connectivity index (χ1n) is 4.24. The van der Waals surface area contributed by atoms with E-state index in [9.17, 15) is 0 Å². The zero-order valence-electron chi connectivity index (χ0n) is 7.69. The molecular formula is C9H14N2S2. The molecule has 0 unspecified atom stereocenters. The van der Waals surface area contributed by atoms with Gasteiger partial charge in [0.2, 0.25) is 0 Å². The minimum atomic E-state index is 0.786. The Morgan fingerprint density at radius 1 is 1.46 bits per heavy atom. The quantitative estimate of drug-likeness (QED) is 0.604. The molecule has 0 saturated heterocycles. The molecule has 72 valence electrons. The molecule has 1 heterocycles. The summed E-state index contributed by atoms with van der Waals surface area (Å²) in [6, 6.07) is 1.97. The summed E-state index contributed by atoms with van der Waals surface area (Å²) in [4.78, 5) is 5.09. The van der Waals surface area contributed by atoms with E-state index in [1.165, 1.54) is 11.5 Å². The molecule has 0 bridgehead atoms. The van der Waals surface area contributed by atoms with Gasteiger partial charge in [0.05, 0.1) is 11.9 Å². The molecule has 0 aliphatic carbocycles. The molecule has 2 nitrogen and oxygen atoms in total. The van der Waals surface area contributed by atoms with Gasteiger partial charge < -0.3 is 5.73 Å². The number of rotatable bonds is 5. The van der Waals surface area contributed by atoms with Crippen LogP contribution in [0.4, 0.5) is 5.69 Å². The van der Waals surface area contributed by atoms with E-state index in [4.69, 9.17) is 5.73 Å². The molecule has 4 heteroatoms. The fourth-order valence-corrected chi connectivity index (χ4v) is 2.57. The summed E-state index contributed by atoms with van der Waals surface area (Å²) in [7, 11) is 0. The molecule has 0 radical (unpaired) electrons. The molecule has 0 atom stereocenters. The second-order valence-electron chi connectivity index (χ2n) is 2.46. The van der Waals surface area contributed by atoms with E-state index in [1.807, 2.05) is 17.8 Å². The van der Waals surface area contributed by atoms with Crippen LogP contribution in [-0.2, 0) is 0 Å². The van der Waals surface area contributed by atoms with E-state index in [0.29, 0.717) is 0 Å². The summed E-state index contributed by atoms with van der Waals surface area (Å²) in [5.74, 6) is 3.49. The first-order chi connectivity index (χ1) is 6.34. The molecule has 0 amide bonds. The molecule has 13 heavy (non-hydrogen) atoms. The highest BCUT2D eigenvalue weighted by molar-refractivity contribution is 8.03. The largest absolute Gasteiger partial charge is 0.397 e. The lowest BCUT2D eigenvalue weighted by atomic mass is 10.4. The van der Waals surface area contributed by atoms with E-state index in [2.05, 4.69) is 11.9 Å². The van der Waals surface area contributed by atoms with Gasteiger partial charge in [-0.1, -0.05) is 6.92 Å². The maximum absolute atomic E-state index is 5.75. The van der Waals surface area contributed by atoms with Crippen LogP contribution in [-0.4, -0.2) is 22.2 Å². The Hall–Kier alpha value is -0.350. The standard InChI is InChI=1S/C9H14N2S2/c1-2-12-5-6-13-9-3-4-11-7-8(9)10/h3-4,7H,2,5-6,10H2,1H3.